The lowest BCUT2D eigenvalue weighted by atomic mass is 10.0. The van der Waals surface area contributed by atoms with E-state index in [1.54, 1.807) is 30.3 Å². The second kappa shape index (κ2) is 6.76. The molecule has 128 valence electrons. The van der Waals surface area contributed by atoms with Gasteiger partial charge < -0.3 is 9.15 Å². The van der Waals surface area contributed by atoms with Crippen molar-refractivity contribution in [2.75, 3.05) is 6.61 Å². The molecule has 0 fully saturated rings. The van der Waals surface area contributed by atoms with E-state index in [9.17, 15) is 14.4 Å². The Bertz CT molecular complexity index is 1010. The fraction of sp³-hybridized carbons (Fsp3) is 0.211. The quantitative estimate of drug-likeness (QED) is 0.527. The molecule has 6 heteroatoms. The van der Waals surface area contributed by atoms with Crippen LogP contribution in [0.1, 0.15) is 21.5 Å². The lowest BCUT2D eigenvalue weighted by Gasteiger charge is -2.08. The predicted molar refractivity (Wildman–Crippen MR) is 91.7 cm³/mol. The largest absolute Gasteiger partial charge is 0.456 e. The Kier molecular flexibility index (Phi) is 4.52. The van der Waals surface area contributed by atoms with Crippen LogP contribution >= 0.6 is 0 Å². The zero-order chi connectivity index (χ0) is 18.0. The third-order valence-corrected chi connectivity index (χ3v) is 3.92. The highest BCUT2D eigenvalue weighted by molar-refractivity contribution is 5.99. The Hall–Kier alpha value is -3.15. The maximum Gasteiger partial charge on any atom is 0.420 e. The van der Waals surface area contributed by atoms with Gasteiger partial charge in [-0.05, 0) is 37.6 Å². The minimum Gasteiger partial charge on any atom is -0.456 e. The van der Waals surface area contributed by atoms with Crippen molar-refractivity contribution in [2.24, 2.45) is 0 Å². The molecule has 25 heavy (non-hydrogen) atoms. The minimum absolute atomic E-state index is 0.279. The van der Waals surface area contributed by atoms with Gasteiger partial charge in [0.05, 0.1) is 5.52 Å². The number of ether oxygens (including phenoxy) is 1. The number of Topliss-reactive ketones (excluding diaryl/α,β-unsaturated/α-hetero) is 1. The molecule has 0 saturated heterocycles. The van der Waals surface area contributed by atoms with Crippen LogP contribution in [0.25, 0.3) is 11.1 Å². The second-order valence-electron chi connectivity index (χ2n) is 5.82. The van der Waals surface area contributed by atoms with Crippen molar-refractivity contribution in [2.45, 2.75) is 20.4 Å². The van der Waals surface area contributed by atoms with Gasteiger partial charge in [0.1, 0.15) is 6.54 Å². The molecule has 1 aromatic heterocycles. The van der Waals surface area contributed by atoms with Crippen LogP contribution in [0.4, 0.5) is 0 Å². The Morgan fingerprint density at radius 3 is 2.68 bits per heavy atom. The van der Waals surface area contributed by atoms with E-state index in [-0.39, 0.29) is 18.9 Å². The molecule has 0 N–H and O–H groups in total. The number of benzene rings is 2. The van der Waals surface area contributed by atoms with Gasteiger partial charge in [-0.2, -0.15) is 0 Å². The van der Waals surface area contributed by atoms with Crippen LogP contribution in [-0.2, 0) is 16.1 Å². The van der Waals surface area contributed by atoms with Crippen molar-refractivity contribution < 1.29 is 18.7 Å². The van der Waals surface area contributed by atoms with Gasteiger partial charge in [-0.25, -0.2) is 4.79 Å². The molecule has 3 rings (SSSR count). The number of esters is 1. The van der Waals surface area contributed by atoms with E-state index < -0.39 is 11.7 Å². The van der Waals surface area contributed by atoms with E-state index in [1.807, 2.05) is 26.0 Å². The monoisotopic (exact) mass is 339 g/mol. The number of hydrogen-bond donors (Lipinski definition) is 0. The number of carbonyl (C=O) groups is 2. The number of para-hydroxylation sites is 2. The lowest BCUT2D eigenvalue weighted by Crippen LogP contribution is -2.23. The van der Waals surface area contributed by atoms with Crippen molar-refractivity contribution in [3.05, 3.63) is 69.7 Å². The summed E-state index contributed by atoms with van der Waals surface area (Å²) in [7, 11) is 0. The van der Waals surface area contributed by atoms with Gasteiger partial charge in [0.15, 0.2) is 12.2 Å². The molecule has 0 spiro atoms. The summed E-state index contributed by atoms with van der Waals surface area (Å²) >= 11 is 0. The van der Waals surface area contributed by atoms with Gasteiger partial charge in [0, 0.05) is 5.56 Å². The number of fused-ring (bicyclic) bond motifs is 1. The normalized spacial score (nSPS) is 10.8. The summed E-state index contributed by atoms with van der Waals surface area (Å²) < 4.78 is 11.3. The molecular formula is C19H17NO5. The molecule has 3 aromatic rings. The molecule has 0 saturated carbocycles. The van der Waals surface area contributed by atoms with E-state index in [2.05, 4.69) is 0 Å². The molecule has 0 atom stereocenters. The van der Waals surface area contributed by atoms with E-state index in [0.29, 0.717) is 16.7 Å². The van der Waals surface area contributed by atoms with Gasteiger partial charge in [0.25, 0.3) is 0 Å². The van der Waals surface area contributed by atoms with Gasteiger partial charge in [-0.1, -0.05) is 29.8 Å². The van der Waals surface area contributed by atoms with Crippen molar-refractivity contribution in [1.29, 1.82) is 0 Å². The fourth-order valence-corrected chi connectivity index (χ4v) is 2.60. The Morgan fingerprint density at radius 2 is 1.88 bits per heavy atom. The smallest absolute Gasteiger partial charge is 0.420 e. The molecule has 0 unspecified atom stereocenters. The molecule has 0 amide bonds. The first-order valence-electron chi connectivity index (χ1n) is 7.80. The molecule has 0 aliphatic heterocycles. The number of oxazole rings is 1. The number of rotatable bonds is 5. The average molecular weight is 339 g/mol. The maximum atomic E-state index is 12.2. The van der Waals surface area contributed by atoms with E-state index >= 15 is 0 Å². The van der Waals surface area contributed by atoms with E-state index in [0.717, 1.165) is 11.1 Å². The van der Waals surface area contributed by atoms with Crippen LogP contribution in [0.2, 0.25) is 0 Å². The molecule has 0 radical (unpaired) electrons. The Labute approximate surface area is 143 Å². The molecule has 0 bridgehead atoms. The summed E-state index contributed by atoms with van der Waals surface area (Å²) in [6, 6.07) is 12.3. The van der Waals surface area contributed by atoms with Crippen molar-refractivity contribution in [3.63, 3.8) is 0 Å². The summed E-state index contributed by atoms with van der Waals surface area (Å²) in [6.07, 6.45) is 0. The molecule has 6 nitrogen and oxygen atoms in total. The van der Waals surface area contributed by atoms with Crippen LogP contribution in [0, 0.1) is 13.8 Å². The molecule has 0 aliphatic carbocycles. The highest BCUT2D eigenvalue weighted by Crippen LogP contribution is 2.13. The number of ketones is 1. The topological polar surface area (TPSA) is 78.5 Å². The van der Waals surface area contributed by atoms with Gasteiger partial charge in [0.2, 0.25) is 5.78 Å². The van der Waals surface area contributed by atoms with Crippen molar-refractivity contribution in [3.8, 4) is 0 Å². The van der Waals surface area contributed by atoms with Gasteiger partial charge >= 0.3 is 11.7 Å². The predicted octanol–water partition coefficient (Wildman–Crippen LogP) is 2.64. The first-order chi connectivity index (χ1) is 12.0. The zero-order valence-corrected chi connectivity index (χ0v) is 13.9. The summed E-state index contributed by atoms with van der Waals surface area (Å²) in [6.45, 7) is 3.04. The van der Waals surface area contributed by atoms with E-state index in [4.69, 9.17) is 9.15 Å². The molecule has 2 aromatic carbocycles. The maximum absolute atomic E-state index is 12.2. The molecule has 1 heterocycles. The highest BCUT2D eigenvalue weighted by atomic mass is 16.5. The number of aromatic nitrogens is 1. The van der Waals surface area contributed by atoms with Crippen LogP contribution in [-0.4, -0.2) is 22.9 Å². The van der Waals surface area contributed by atoms with Crippen LogP contribution in [0.15, 0.2) is 51.7 Å². The SMILES string of the molecule is Cc1ccc(C)c(C(=O)COC(=O)Cn2c(=O)oc3ccccc32)c1. The average Bonchev–Trinajstić information content (AvgIpc) is 2.90. The van der Waals surface area contributed by atoms with Crippen LogP contribution in [0.3, 0.4) is 0 Å². The fourth-order valence-electron chi connectivity index (χ4n) is 2.60. The first-order valence-corrected chi connectivity index (χ1v) is 7.80. The summed E-state index contributed by atoms with van der Waals surface area (Å²) in [5, 5.41) is 0. The third kappa shape index (κ3) is 3.52. The molecule has 0 aliphatic rings. The van der Waals surface area contributed by atoms with Crippen molar-refractivity contribution >= 4 is 22.9 Å². The number of hydrogen-bond acceptors (Lipinski definition) is 5. The van der Waals surface area contributed by atoms with Crippen LogP contribution in [0.5, 0.6) is 0 Å². The Morgan fingerprint density at radius 1 is 1.12 bits per heavy atom. The molecular weight excluding hydrogens is 322 g/mol. The van der Waals surface area contributed by atoms with E-state index in [1.165, 1.54) is 4.57 Å². The first kappa shape index (κ1) is 16.7. The Balaban J connectivity index is 1.68. The lowest BCUT2D eigenvalue weighted by molar-refractivity contribution is -0.143. The summed E-state index contributed by atoms with van der Waals surface area (Å²) in [5.74, 6) is -1.59. The number of aryl methyl sites for hydroxylation is 2. The zero-order valence-electron chi connectivity index (χ0n) is 13.9. The van der Waals surface area contributed by atoms with Crippen molar-refractivity contribution in [1.82, 2.24) is 4.57 Å². The highest BCUT2D eigenvalue weighted by Gasteiger charge is 2.16. The summed E-state index contributed by atoms with van der Waals surface area (Å²) in [4.78, 5) is 36.1. The van der Waals surface area contributed by atoms with Crippen LogP contribution < -0.4 is 5.76 Å². The number of nitrogens with zero attached hydrogens (tertiary/aromatic N) is 1. The van der Waals surface area contributed by atoms with Gasteiger partial charge in [-0.3, -0.25) is 14.2 Å². The minimum atomic E-state index is -0.674. The third-order valence-electron chi connectivity index (χ3n) is 3.92. The standard InChI is InChI=1S/C19H17NO5/c1-12-7-8-13(2)14(9-12)16(21)11-24-18(22)10-20-15-5-3-4-6-17(15)25-19(20)23/h3-9H,10-11H2,1-2H3. The number of carbonyl (C=O) groups excluding carboxylic acids is 2. The summed E-state index contributed by atoms with van der Waals surface area (Å²) in [5.41, 5.74) is 3.20. The second-order valence-corrected chi connectivity index (χ2v) is 5.82. The van der Waals surface area contributed by atoms with Gasteiger partial charge in [-0.15, -0.1) is 0 Å².